The first-order chi connectivity index (χ1) is 9.47. The van der Waals surface area contributed by atoms with E-state index in [2.05, 4.69) is 15.3 Å². The van der Waals surface area contributed by atoms with Crippen LogP contribution in [0.4, 0.5) is 15.8 Å². The first-order valence-electron chi connectivity index (χ1n) is 5.20. The zero-order valence-corrected chi connectivity index (χ0v) is 10.5. The minimum atomic E-state index is -0.803. The van der Waals surface area contributed by atoms with Crippen LogP contribution < -0.4 is 5.32 Å². The van der Waals surface area contributed by atoms with Crippen molar-refractivity contribution in [2.24, 2.45) is 0 Å². The number of halogens is 2. The number of hydrogen-bond acceptors (Lipinski definition) is 5. The molecule has 2 aromatic rings. The number of nitrogens with one attached hydrogen (secondary N) is 1. The van der Waals surface area contributed by atoms with Gasteiger partial charge < -0.3 is 5.32 Å². The SMILES string of the molecule is O=C(Nc1ccc(F)cc1[N+](=O)[O-])c1cncc(Cl)n1. The minimum absolute atomic E-state index is 0.00579. The van der Waals surface area contributed by atoms with Crippen molar-refractivity contribution in [3.63, 3.8) is 0 Å². The van der Waals surface area contributed by atoms with Crippen LogP contribution >= 0.6 is 11.6 Å². The summed E-state index contributed by atoms with van der Waals surface area (Å²) in [6.07, 6.45) is 2.38. The van der Waals surface area contributed by atoms with Crippen molar-refractivity contribution in [1.82, 2.24) is 9.97 Å². The van der Waals surface area contributed by atoms with Gasteiger partial charge in [-0.2, -0.15) is 0 Å². The van der Waals surface area contributed by atoms with Gasteiger partial charge in [0.05, 0.1) is 23.4 Å². The Kier molecular flexibility index (Phi) is 3.85. The molecule has 9 heteroatoms. The molecule has 0 atom stereocenters. The Morgan fingerprint density at radius 3 is 2.80 bits per heavy atom. The van der Waals surface area contributed by atoms with E-state index in [9.17, 15) is 19.3 Å². The zero-order valence-electron chi connectivity index (χ0n) is 9.71. The van der Waals surface area contributed by atoms with Crippen LogP contribution in [0.5, 0.6) is 0 Å². The third-order valence-corrected chi connectivity index (χ3v) is 2.42. The molecule has 0 aliphatic carbocycles. The van der Waals surface area contributed by atoms with Crippen LogP contribution in [0.1, 0.15) is 10.5 Å². The number of anilines is 1. The number of nitrogens with zero attached hydrogens (tertiary/aromatic N) is 3. The fourth-order valence-corrected chi connectivity index (χ4v) is 1.55. The van der Waals surface area contributed by atoms with Gasteiger partial charge in [-0.3, -0.25) is 19.9 Å². The van der Waals surface area contributed by atoms with Crippen molar-refractivity contribution in [2.75, 3.05) is 5.32 Å². The van der Waals surface area contributed by atoms with Gasteiger partial charge in [-0.1, -0.05) is 11.6 Å². The summed E-state index contributed by atoms with van der Waals surface area (Å²) in [7, 11) is 0. The average molecular weight is 297 g/mol. The molecule has 0 bridgehead atoms. The van der Waals surface area contributed by atoms with E-state index in [-0.39, 0.29) is 16.5 Å². The summed E-state index contributed by atoms with van der Waals surface area (Å²) >= 11 is 5.58. The molecule has 0 radical (unpaired) electrons. The Labute approximate surface area is 116 Å². The van der Waals surface area contributed by atoms with Gasteiger partial charge in [0.1, 0.15) is 22.4 Å². The summed E-state index contributed by atoms with van der Waals surface area (Å²) in [5, 5.41) is 13.0. The van der Waals surface area contributed by atoms with E-state index in [0.29, 0.717) is 6.07 Å². The number of nitro groups is 1. The Morgan fingerprint density at radius 2 is 2.15 bits per heavy atom. The summed E-state index contributed by atoms with van der Waals surface area (Å²) < 4.78 is 13.0. The van der Waals surface area contributed by atoms with Gasteiger partial charge in [0.25, 0.3) is 11.6 Å². The van der Waals surface area contributed by atoms with Gasteiger partial charge in [-0.25, -0.2) is 9.37 Å². The number of amides is 1. The van der Waals surface area contributed by atoms with Crippen molar-refractivity contribution >= 4 is 28.9 Å². The summed E-state index contributed by atoms with van der Waals surface area (Å²) in [5.74, 6) is -1.52. The quantitative estimate of drug-likeness (QED) is 0.693. The molecule has 2 rings (SSSR count). The molecule has 0 fully saturated rings. The predicted molar refractivity (Wildman–Crippen MR) is 68.0 cm³/mol. The lowest BCUT2D eigenvalue weighted by atomic mass is 10.2. The van der Waals surface area contributed by atoms with Gasteiger partial charge in [-0.05, 0) is 12.1 Å². The fourth-order valence-electron chi connectivity index (χ4n) is 1.40. The molecular weight excluding hydrogens is 291 g/mol. The lowest BCUT2D eigenvalue weighted by molar-refractivity contribution is -0.384. The van der Waals surface area contributed by atoms with E-state index < -0.39 is 22.3 Å². The summed E-state index contributed by atoms with van der Waals surface area (Å²) in [6.45, 7) is 0. The van der Waals surface area contributed by atoms with E-state index in [1.807, 2.05) is 0 Å². The molecule has 1 amide bonds. The van der Waals surface area contributed by atoms with E-state index in [1.54, 1.807) is 0 Å². The Morgan fingerprint density at radius 1 is 1.40 bits per heavy atom. The normalized spacial score (nSPS) is 10.1. The second-order valence-corrected chi connectivity index (χ2v) is 3.99. The molecule has 0 saturated carbocycles. The lowest BCUT2D eigenvalue weighted by Gasteiger charge is -2.05. The molecule has 0 spiro atoms. The van der Waals surface area contributed by atoms with Gasteiger partial charge in [0.15, 0.2) is 0 Å². The van der Waals surface area contributed by atoms with Crippen LogP contribution in [-0.4, -0.2) is 20.8 Å². The smallest absolute Gasteiger partial charge is 0.295 e. The number of nitro benzene ring substituents is 1. The third kappa shape index (κ3) is 3.04. The molecule has 20 heavy (non-hydrogen) atoms. The maximum absolute atomic E-state index is 13.0. The van der Waals surface area contributed by atoms with Gasteiger partial charge in [-0.15, -0.1) is 0 Å². The van der Waals surface area contributed by atoms with Gasteiger partial charge >= 0.3 is 0 Å². The Balaban J connectivity index is 2.30. The van der Waals surface area contributed by atoms with E-state index in [4.69, 9.17) is 11.6 Å². The lowest BCUT2D eigenvalue weighted by Crippen LogP contribution is -2.15. The maximum atomic E-state index is 13.0. The molecule has 7 nitrogen and oxygen atoms in total. The molecular formula is C11H6ClFN4O3. The number of carbonyl (C=O) groups is 1. The highest BCUT2D eigenvalue weighted by atomic mass is 35.5. The highest BCUT2D eigenvalue weighted by Crippen LogP contribution is 2.25. The highest BCUT2D eigenvalue weighted by molar-refractivity contribution is 6.29. The van der Waals surface area contributed by atoms with Crippen molar-refractivity contribution in [1.29, 1.82) is 0 Å². The number of benzene rings is 1. The molecule has 102 valence electrons. The Bertz CT molecular complexity index is 695. The molecule has 1 N–H and O–H groups in total. The first kappa shape index (κ1) is 13.8. The number of hydrogen-bond donors (Lipinski definition) is 1. The largest absolute Gasteiger partial charge is 0.315 e. The zero-order chi connectivity index (χ0) is 14.7. The monoisotopic (exact) mass is 296 g/mol. The Hall–Kier alpha value is -2.61. The number of rotatable bonds is 3. The van der Waals surface area contributed by atoms with Crippen molar-refractivity contribution < 1.29 is 14.1 Å². The molecule has 0 saturated heterocycles. The second-order valence-electron chi connectivity index (χ2n) is 3.60. The molecule has 0 aliphatic heterocycles. The number of carbonyl (C=O) groups excluding carboxylic acids is 1. The van der Waals surface area contributed by atoms with Crippen LogP contribution in [0, 0.1) is 15.9 Å². The van der Waals surface area contributed by atoms with Crippen molar-refractivity contribution in [2.45, 2.75) is 0 Å². The van der Waals surface area contributed by atoms with E-state index >= 15 is 0 Å². The topological polar surface area (TPSA) is 98.0 Å². The maximum Gasteiger partial charge on any atom is 0.295 e. The van der Waals surface area contributed by atoms with E-state index in [0.717, 1.165) is 18.3 Å². The van der Waals surface area contributed by atoms with Crippen LogP contribution in [0.25, 0.3) is 0 Å². The summed E-state index contributed by atoms with van der Waals surface area (Å²) in [6, 6.07) is 2.79. The third-order valence-electron chi connectivity index (χ3n) is 2.24. The molecule has 0 unspecified atom stereocenters. The second kappa shape index (κ2) is 5.57. The summed E-state index contributed by atoms with van der Waals surface area (Å²) in [4.78, 5) is 29.2. The molecule has 1 aromatic heterocycles. The molecule has 1 heterocycles. The van der Waals surface area contributed by atoms with Crippen molar-refractivity contribution in [3.8, 4) is 0 Å². The summed E-state index contributed by atoms with van der Waals surface area (Å²) in [5.41, 5.74) is -0.826. The van der Waals surface area contributed by atoms with E-state index in [1.165, 1.54) is 6.20 Å². The number of aromatic nitrogens is 2. The molecule has 1 aromatic carbocycles. The first-order valence-corrected chi connectivity index (χ1v) is 5.58. The molecule has 0 aliphatic rings. The fraction of sp³-hybridized carbons (Fsp3) is 0. The minimum Gasteiger partial charge on any atom is -0.315 e. The van der Waals surface area contributed by atoms with Crippen LogP contribution in [0.15, 0.2) is 30.6 Å². The van der Waals surface area contributed by atoms with Gasteiger partial charge in [0.2, 0.25) is 0 Å². The standard InChI is InChI=1S/C11H6ClFN4O3/c12-10-5-14-4-8(15-10)11(18)16-7-2-1-6(13)3-9(7)17(19)20/h1-5H,(H,16,18). The van der Waals surface area contributed by atoms with Crippen LogP contribution in [-0.2, 0) is 0 Å². The highest BCUT2D eigenvalue weighted by Gasteiger charge is 2.18. The predicted octanol–water partition coefficient (Wildman–Crippen LogP) is 2.43. The van der Waals surface area contributed by atoms with Crippen LogP contribution in [0.2, 0.25) is 5.15 Å². The van der Waals surface area contributed by atoms with Crippen LogP contribution in [0.3, 0.4) is 0 Å². The van der Waals surface area contributed by atoms with Crippen molar-refractivity contribution in [3.05, 3.63) is 57.4 Å². The average Bonchev–Trinajstić information content (AvgIpc) is 2.40. The van der Waals surface area contributed by atoms with Gasteiger partial charge in [0, 0.05) is 0 Å².